The Kier molecular flexibility index (Phi) is 6.30. The van der Waals surface area contributed by atoms with Crippen LogP contribution in [0.5, 0.6) is 11.5 Å². The van der Waals surface area contributed by atoms with Crippen molar-refractivity contribution in [3.8, 4) is 11.5 Å². The molecule has 1 saturated heterocycles. The van der Waals surface area contributed by atoms with Crippen molar-refractivity contribution in [1.29, 1.82) is 0 Å². The van der Waals surface area contributed by atoms with Gasteiger partial charge in [-0.25, -0.2) is 0 Å². The highest BCUT2D eigenvalue weighted by Gasteiger charge is 2.51. The summed E-state index contributed by atoms with van der Waals surface area (Å²) in [5.41, 5.74) is -4.80. The van der Waals surface area contributed by atoms with E-state index in [0.717, 1.165) is 5.56 Å². The van der Waals surface area contributed by atoms with Gasteiger partial charge in [0.05, 0.1) is 26.4 Å². The molecule has 0 saturated carbocycles. The minimum absolute atomic E-state index is 0.228. The summed E-state index contributed by atoms with van der Waals surface area (Å²) >= 11 is 2.67. The molecule has 2 aliphatic rings. The van der Waals surface area contributed by atoms with Crippen LogP contribution < -0.4 is 9.47 Å². The largest absolute Gasteiger partial charge is 0.534 e. The summed E-state index contributed by atoms with van der Waals surface area (Å²) in [4.78, 5) is 0. The fourth-order valence-electron chi connectivity index (χ4n) is 3.48. The van der Waals surface area contributed by atoms with Crippen LogP contribution in [0.15, 0.2) is 41.9 Å². The third-order valence-corrected chi connectivity index (χ3v) is 6.29. The predicted molar refractivity (Wildman–Crippen MR) is 102 cm³/mol. The van der Waals surface area contributed by atoms with Crippen LogP contribution in [-0.2, 0) is 22.9 Å². The molecule has 1 aromatic rings. The second kappa shape index (κ2) is 8.31. The van der Waals surface area contributed by atoms with Crippen LogP contribution >= 0.6 is 16.3 Å². The Hall–Kier alpha value is -1.92. The normalized spacial score (nSPS) is 26.4. The van der Waals surface area contributed by atoms with Crippen LogP contribution in [0, 0.1) is 11.8 Å². The molecule has 0 radical (unpaired) electrons. The molecule has 3 rings (SSSR count). The maximum atomic E-state index is 12.7. The highest BCUT2D eigenvalue weighted by Crippen LogP contribution is 2.48. The summed E-state index contributed by atoms with van der Waals surface area (Å²) in [5.74, 6) is -0.442. The van der Waals surface area contributed by atoms with Gasteiger partial charge in [-0.15, -0.1) is 0 Å². The van der Waals surface area contributed by atoms with Crippen molar-refractivity contribution in [2.75, 3.05) is 14.2 Å². The Morgan fingerprint density at radius 2 is 1.73 bits per heavy atom. The van der Waals surface area contributed by atoms with E-state index in [2.05, 4.69) is 20.4 Å². The zero-order chi connectivity index (χ0) is 22.3. The summed E-state index contributed by atoms with van der Waals surface area (Å²) in [6.45, 7) is 1.84. The van der Waals surface area contributed by atoms with Crippen LogP contribution in [0.2, 0.25) is 0 Å². The first-order valence-electron chi connectivity index (χ1n) is 8.63. The smallest absolute Gasteiger partial charge is 0.493 e. The van der Waals surface area contributed by atoms with Gasteiger partial charge in [0.15, 0.2) is 39.3 Å². The Bertz CT molecular complexity index is 974. The summed E-state index contributed by atoms with van der Waals surface area (Å²) in [6.07, 6.45) is 1.64. The standard InChI is InChI=1S/C18H18BrF3O7S/c1-9-11-7-16(29-30(23,24)18(20,21)22)15(28-19)8-13(11)27-17(9)10-4-5-12(25-2)14(6-10)26-3/h4-9,11,13,17H,1-3H3/t9-,11?,13?,17-/m0/s1. The first-order chi connectivity index (χ1) is 14.0. The fourth-order valence-corrected chi connectivity index (χ4v) is 4.22. The number of methoxy groups -OCH3 is 2. The lowest BCUT2D eigenvalue weighted by atomic mass is 9.83. The number of ether oxygens (including phenoxy) is 3. The minimum atomic E-state index is -5.85. The number of hydrogen-bond donors (Lipinski definition) is 0. The van der Waals surface area contributed by atoms with Crippen molar-refractivity contribution >= 4 is 26.4 Å². The molecule has 0 spiro atoms. The molecule has 4 atom stereocenters. The highest BCUT2D eigenvalue weighted by molar-refractivity contribution is 9.06. The Balaban J connectivity index is 1.92. The molecule has 30 heavy (non-hydrogen) atoms. The van der Waals surface area contributed by atoms with Crippen LogP contribution in [0.3, 0.4) is 0 Å². The second-order valence-electron chi connectivity index (χ2n) is 6.69. The summed E-state index contributed by atoms with van der Waals surface area (Å²) in [5, 5.41) is 0. The van der Waals surface area contributed by atoms with Gasteiger partial charge in [-0.2, -0.15) is 21.6 Å². The molecule has 166 valence electrons. The first kappa shape index (κ1) is 22.8. The Morgan fingerprint density at radius 3 is 2.30 bits per heavy atom. The van der Waals surface area contributed by atoms with Crippen LogP contribution in [0.25, 0.3) is 0 Å². The summed E-state index contributed by atoms with van der Waals surface area (Å²) in [6, 6.07) is 5.26. The number of rotatable bonds is 6. The van der Waals surface area contributed by atoms with Gasteiger partial charge >= 0.3 is 15.6 Å². The second-order valence-corrected chi connectivity index (χ2v) is 8.56. The number of hydrogen-bond acceptors (Lipinski definition) is 7. The van der Waals surface area contributed by atoms with Gasteiger partial charge in [0, 0.05) is 5.92 Å². The molecular weight excluding hydrogens is 497 g/mol. The van der Waals surface area contributed by atoms with E-state index in [-0.39, 0.29) is 11.7 Å². The number of fused-ring (bicyclic) bond motifs is 1. The van der Waals surface area contributed by atoms with E-state index >= 15 is 0 Å². The van der Waals surface area contributed by atoms with Gasteiger partial charge < -0.3 is 22.2 Å². The average molecular weight is 515 g/mol. The van der Waals surface area contributed by atoms with E-state index in [0.29, 0.717) is 11.5 Å². The molecule has 0 aromatic heterocycles. The monoisotopic (exact) mass is 514 g/mol. The van der Waals surface area contributed by atoms with Crippen molar-refractivity contribution in [2.45, 2.75) is 24.6 Å². The topological polar surface area (TPSA) is 80.3 Å². The first-order valence-corrected chi connectivity index (χ1v) is 10.7. The SMILES string of the molecule is COc1ccc([C@H]2OC3C=C(OBr)C(OS(=O)(=O)C(F)(F)F)=CC3[C@@H]2C)cc1OC. The van der Waals surface area contributed by atoms with E-state index < -0.39 is 39.5 Å². The molecule has 1 aliphatic carbocycles. The number of alkyl halides is 3. The number of benzene rings is 1. The molecule has 0 bridgehead atoms. The maximum absolute atomic E-state index is 12.7. The lowest BCUT2D eigenvalue weighted by Crippen LogP contribution is -2.28. The van der Waals surface area contributed by atoms with Crippen molar-refractivity contribution in [3.63, 3.8) is 0 Å². The third kappa shape index (κ3) is 4.12. The van der Waals surface area contributed by atoms with Gasteiger partial charge in [0.1, 0.15) is 0 Å². The molecule has 0 amide bonds. The van der Waals surface area contributed by atoms with Crippen molar-refractivity contribution in [3.05, 3.63) is 47.4 Å². The molecule has 7 nitrogen and oxygen atoms in total. The average Bonchev–Trinajstić information content (AvgIpc) is 3.01. The summed E-state index contributed by atoms with van der Waals surface area (Å²) < 4.78 is 86.8. The van der Waals surface area contributed by atoms with Crippen LogP contribution in [-0.4, -0.2) is 34.2 Å². The quantitative estimate of drug-likeness (QED) is 0.411. The lowest BCUT2D eigenvalue weighted by Gasteiger charge is -2.23. The highest BCUT2D eigenvalue weighted by atomic mass is 79.9. The fraction of sp³-hybridized carbons (Fsp3) is 0.444. The molecule has 2 unspecified atom stereocenters. The molecule has 1 heterocycles. The van der Waals surface area contributed by atoms with Gasteiger partial charge in [-0.05, 0) is 35.8 Å². The molecule has 1 aliphatic heterocycles. The maximum Gasteiger partial charge on any atom is 0.534 e. The molecule has 0 N–H and O–H groups in total. The van der Waals surface area contributed by atoms with E-state index in [1.165, 1.54) is 26.4 Å². The molecule has 1 aromatic carbocycles. The van der Waals surface area contributed by atoms with Crippen molar-refractivity contribution < 1.29 is 43.8 Å². The minimum Gasteiger partial charge on any atom is -0.493 e. The molecular formula is C18H18BrF3O7S. The Morgan fingerprint density at radius 1 is 1.07 bits per heavy atom. The van der Waals surface area contributed by atoms with Crippen molar-refractivity contribution in [2.24, 2.45) is 11.8 Å². The van der Waals surface area contributed by atoms with Crippen molar-refractivity contribution in [1.82, 2.24) is 0 Å². The zero-order valence-electron chi connectivity index (χ0n) is 16.0. The van der Waals surface area contributed by atoms with E-state index in [9.17, 15) is 21.6 Å². The number of halogens is 4. The van der Waals surface area contributed by atoms with Gasteiger partial charge in [0.25, 0.3) is 0 Å². The van der Waals surface area contributed by atoms with Gasteiger partial charge in [-0.1, -0.05) is 13.0 Å². The van der Waals surface area contributed by atoms with Gasteiger partial charge in [-0.3, -0.25) is 0 Å². The van der Waals surface area contributed by atoms with E-state index in [1.807, 2.05) is 6.92 Å². The van der Waals surface area contributed by atoms with Gasteiger partial charge in [0.2, 0.25) is 0 Å². The van der Waals surface area contributed by atoms with Crippen LogP contribution in [0.1, 0.15) is 18.6 Å². The third-order valence-electron chi connectivity index (χ3n) is 4.97. The molecule has 1 fully saturated rings. The zero-order valence-corrected chi connectivity index (χ0v) is 18.4. The lowest BCUT2D eigenvalue weighted by molar-refractivity contribution is -0.0522. The molecule has 12 heteroatoms. The van der Waals surface area contributed by atoms with E-state index in [4.69, 9.17) is 18.0 Å². The van der Waals surface area contributed by atoms with Crippen LogP contribution in [0.4, 0.5) is 13.2 Å². The Labute approximate surface area is 180 Å². The predicted octanol–water partition coefficient (Wildman–Crippen LogP) is 4.37. The van der Waals surface area contributed by atoms with E-state index in [1.54, 1.807) is 18.2 Å². The summed E-state index contributed by atoms with van der Waals surface area (Å²) in [7, 11) is -2.85.